The summed E-state index contributed by atoms with van der Waals surface area (Å²) in [7, 11) is 0. The van der Waals surface area contributed by atoms with E-state index in [1.807, 2.05) is 46.9 Å². The van der Waals surface area contributed by atoms with Gasteiger partial charge in [0.2, 0.25) is 0 Å². The molecule has 2 aliphatic rings. The summed E-state index contributed by atoms with van der Waals surface area (Å²) in [5, 5.41) is 9.14. The summed E-state index contributed by atoms with van der Waals surface area (Å²) in [5.41, 5.74) is 11.6. The maximum Gasteiger partial charge on any atom is 0.255 e. The summed E-state index contributed by atoms with van der Waals surface area (Å²) in [6.07, 6.45) is 7.82. The zero-order valence-corrected chi connectivity index (χ0v) is 20.1. The Balaban J connectivity index is 0.000000992. The lowest BCUT2D eigenvalue weighted by Gasteiger charge is -2.25. The molecule has 174 valence electrons. The zero-order valence-electron chi connectivity index (χ0n) is 20.1. The molecule has 0 saturated heterocycles. The van der Waals surface area contributed by atoms with Gasteiger partial charge in [-0.25, -0.2) is 9.98 Å². The lowest BCUT2D eigenvalue weighted by atomic mass is 10.1. The first-order chi connectivity index (χ1) is 14.9. The number of nitrogens with two attached hydrogens (primary N) is 2. The molecule has 1 aliphatic heterocycles. The van der Waals surface area contributed by atoms with Crippen LogP contribution in [0.5, 0.6) is 0 Å². The third kappa shape index (κ3) is 8.03. The van der Waals surface area contributed by atoms with Gasteiger partial charge in [0, 0.05) is 12.2 Å². The van der Waals surface area contributed by atoms with Gasteiger partial charge in [-0.15, -0.1) is 0 Å². The van der Waals surface area contributed by atoms with Gasteiger partial charge in [0.1, 0.15) is 5.82 Å². The number of carbonyl (C=O) groups is 1. The number of unbranched alkanes of at least 4 members (excludes halogenated alkanes) is 1. The number of carbonyl (C=O) groups excluding carboxylic acids is 1. The van der Waals surface area contributed by atoms with Gasteiger partial charge in [-0.3, -0.25) is 10.2 Å². The average molecular weight is 432 g/mol. The second-order valence-electron chi connectivity index (χ2n) is 6.60. The fourth-order valence-electron chi connectivity index (χ4n) is 3.09. The Bertz CT molecular complexity index is 750. The molecule has 1 saturated carbocycles. The standard InChI is InChI=1S/C18H24N4O.2C2H6.CH5N3/c1-4-6-7-12-10-11-20-17-15(12)21-18(23)14(5-2)16(19-3)22(17)13-8-9-13;2*1-2;2-1(3)4/h10-11,13H,3-9H2,1-2H3,(H,21,23);2*1-2H3;(H5,2,3,4). The molecule has 0 atom stereocenters. The highest BCUT2D eigenvalue weighted by molar-refractivity contribution is 6.08. The van der Waals surface area contributed by atoms with Gasteiger partial charge in [0.25, 0.3) is 5.91 Å². The Morgan fingerprint density at radius 3 is 2.32 bits per heavy atom. The fraction of sp³-hybridized carbons (Fsp3) is 0.565. The van der Waals surface area contributed by atoms with E-state index in [1.165, 1.54) is 0 Å². The number of aryl methyl sites for hydroxylation is 1. The Labute approximate surface area is 187 Å². The molecule has 0 aromatic carbocycles. The van der Waals surface area contributed by atoms with Crippen LogP contribution in [0.2, 0.25) is 0 Å². The van der Waals surface area contributed by atoms with Crippen molar-refractivity contribution in [1.29, 1.82) is 5.41 Å². The molecule has 0 bridgehead atoms. The second kappa shape index (κ2) is 15.0. The molecular formula is C23H41N7O. The highest BCUT2D eigenvalue weighted by Gasteiger charge is 2.38. The van der Waals surface area contributed by atoms with Gasteiger partial charge in [0.05, 0.1) is 11.3 Å². The minimum absolute atomic E-state index is 0.0787. The first kappa shape index (κ1) is 28.1. The zero-order chi connectivity index (χ0) is 24.0. The summed E-state index contributed by atoms with van der Waals surface area (Å²) >= 11 is 0. The van der Waals surface area contributed by atoms with E-state index in [9.17, 15) is 4.79 Å². The van der Waals surface area contributed by atoms with Gasteiger partial charge in [-0.1, -0.05) is 48.0 Å². The third-order valence-electron chi connectivity index (χ3n) is 4.47. The third-order valence-corrected chi connectivity index (χ3v) is 4.47. The van der Waals surface area contributed by atoms with E-state index in [4.69, 9.17) is 5.41 Å². The topological polar surface area (TPSA) is 133 Å². The monoisotopic (exact) mass is 431 g/mol. The summed E-state index contributed by atoms with van der Waals surface area (Å²) in [5.74, 6) is 1.08. The van der Waals surface area contributed by atoms with Crippen molar-refractivity contribution in [2.45, 2.75) is 86.1 Å². The summed E-state index contributed by atoms with van der Waals surface area (Å²) < 4.78 is 0. The Morgan fingerprint density at radius 1 is 1.29 bits per heavy atom. The van der Waals surface area contributed by atoms with Crippen molar-refractivity contribution >= 4 is 30.1 Å². The predicted octanol–water partition coefficient (Wildman–Crippen LogP) is 4.56. The number of amides is 1. The van der Waals surface area contributed by atoms with E-state index < -0.39 is 0 Å². The van der Waals surface area contributed by atoms with Crippen LogP contribution in [0.25, 0.3) is 0 Å². The van der Waals surface area contributed by atoms with Crippen LogP contribution in [0.1, 0.15) is 79.2 Å². The van der Waals surface area contributed by atoms with Crippen molar-refractivity contribution in [3.63, 3.8) is 0 Å². The maximum atomic E-state index is 12.7. The quantitative estimate of drug-likeness (QED) is 0.387. The summed E-state index contributed by atoms with van der Waals surface area (Å²) in [6.45, 7) is 15.9. The van der Waals surface area contributed by atoms with Crippen LogP contribution >= 0.6 is 0 Å². The summed E-state index contributed by atoms with van der Waals surface area (Å²) in [6, 6.07) is 2.38. The minimum Gasteiger partial charge on any atom is -0.370 e. The molecule has 31 heavy (non-hydrogen) atoms. The minimum atomic E-state index is -0.333. The van der Waals surface area contributed by atoms with Crippen LogP contribution in [0.3, 0.4) is 0 Å². The molecule has 3 rings (SSSR count). The molecule has 0 radical (unpaired) electrons. The fourth-order valence-corrected chi connectivity index (χ4v) is 3.09. The van der Waals surface area contributed by atoms with Gasteiger partial charge in [-0.05, 0) is 50.5 Å². The molecule has 1 fully saturated rings. The van der Waals surface area contributed by atoms with Gasteiger partial charge >= 0.3 is 0 Å². The number of hydrogen-bond acceptors (Lipinski definition) is 5. The number of nitrogens with zero attached hydrogens (tertiary/aromatic N) is 3. The highest BCUT2D eigenvalue weighted by atomic mass is 16.1. The molecule has 1 aromatic rings. The smallest absolute Gasteiger partial charge is 0.255 e. The normalized spacial score (nSPS) is 14.3. The first-order valence-electron chi connectivity index (χ1n) is 11.3. The highest BCUT2D eigenvalue weighted by Crippen LogP contribution is 2.42. The molecule has 0 unspecified atom stereocenters. The number of aliphatic imine (C=N–C) groups is 1. The van der Waals surface area contributed by atoms with Crippen LogP contribution in [0.4, 0.5) is 11.5 Å². The summed E-state index contributed by atoms with van der Waals surface area (Å²) in [4.78, 5) is 23.6. The molecule has 1 aromatic heterocycles. The van der Waals surface area contributed by atoms with Gasteiger partial charge in [-0.2, -0.15) is 0 Å². The number of fused-ring (bicyclic) bond motifs is 1. The van der Waals surface area contributed by atoms with E-state index in [1.54, 1.807) is 0 Å². The number of guanidine groups is 1. The SMILES string of the molecule is C=NC1=C(CC)C(=O)Nc2c(CCCC)ccnc2N1C1CC1.CC.CC.N=C(N)N. The number of hydrogen-bond donors (Lipinski definition) is 4. The number of anilines is 2. The predicted molar refractivity (Wildman–Crippen MR) is 133 cm³/mol. The van der Waals surface area contributed by atoms with Crippen LogP contribution < -0.4 is 21.7 Å². The van der Waals surface area contributed by atoms with E-state index in [-0.39, 0.29) is 11.9 Å². The largest absolute Gasteiger partial charge is 0.370 e. The lowest BCUT2D eigenvalue weighted by molar-refractivity contribution is -0.113. The number of pyridine rings is 1. The van der Waals surface area contributed by atoms with Crippen LogP contribution in [-0.2, 0) is 11.2 Å². The Kier molecular flexibility index (Phi) is 13.6. The molecule has 8 heteroatoms. The number of aromatic nitrogens is 1. The van der Waals surface area contributed by atoms with E-state index in [0.29, 0.717) is 23.9 Å². The first-order valence-corrected chi connectivity index (χ1v) is 11.3. The van der Waals surface area contributed by atoms with Crippen molar-refractivity contribution in [3.8, 4) is 0 Å². The second-order valence-corrected chi connectivity index (χ2v) is 6.60. The Hall–Kier alpha value is -2.90. The molecule has 2 heterocycles. The Morgan fingerprint density at radius 2 is 1.87 bits per heavy atom. The van der Waals surface area contributed by atoms with Crippen molar-refractivity contribution in [1.82, 2.24) is 4.98 Å². The van der Waals surface area contributed by atoms with Gasteiger partial charge in [0.15, 0.2) is 11.8 Å². The molecule has 6 N–H and O–H groups in total. The van der Waals surface area contributed by atoms with Crippen LogP contribution in [0.15, 0.2) is 28.6 Å². The maximum absolute atomic E-state index is 12.7. The van der Waals surface area contributed by atoms with Gasteiger partial charge < -0.3 is 21.7 Å². The van der Waals surface area contributed by atoms with E-state index >= 15 is 0 Å². The van der Waals surface area contributed by atoms with Crippen LogP contribution in [-0.4, -0.2) is 29.6 Å². The molecule has 8 nitrogen and oxygen atoms in total. The van der Waals surface area contributed by atoms with Crippen LogP contribution in [0, 0.1) is 5.41 Å². The molecule has 1 amide bonds. The average Bonchev–Trinajstić information content (AvgIpc) is 3.61. The van der Waals surface area contributed by atoms with E-state index in [2.05, 4.69) is 45.3 Å². The molecule has 0 spiro atoms. The molecular weight excluding hydrogens is 390 g/mol. The molecule has 1 aliphatic carbocycles. The lowest BCUT2D eigenvalue weighted by Crippen LogP contribution is -2.26. The number of rotatable bonds is 6. The van der Waals surface area contributed by atoms with Crippen molar-refractivity contribution in [2.24, 2.45) is 16.5 Å². The van der Waals surface area contributed by atoms with Crippen molar-refractivity contribution in [3.05, 3.63) is 29.2 Å². The van der Waals surface area contributed by atoms with Crippen molar-refractivity contribution < 1.29 is 4.79 Å². The number of nitrogens with one attached hydrogen (secondary N) is 2. The van der Waals surface area contributed by atoms with E-state index in [0.717, 1.165) is 49.2 Å². The van der Waals surface area contributed by atoms with Crippen molar-refractivity contribution in [2.75, 3.05) is 10.2 Å².